The molecule has 0 saturated heterocycles. The van der Waals surface area contributed by atoms with E-state index in [-0.39, 0.29) is 18.8 Å². The van der Waals surface area contributed by atoms with Crippen molar-refractivity contribution in [1.29, 1.82) is 0 Å². The first-order valence-corrected chi connectivity index (χ1v) is 7.71. The molecule has 1 atom stereocenters. The molecule has 1 aromatic carbocycles. The van der Waals surface area contributed by atoms with Crippen molar-refractivity contribution in [3.8, 4) is 0 Å². The molecule has 0 amide bonds. The highest BCUT2D eigenvalue weighted by Gasteiger charge is 2.37. The molecular weight excluding hydrogens is 258 g/mol. The first-order chi connectivity index (χ1) is 9.55. The molecule has 0 aromatic heterocycles. The predicted molar refractivity (Wildman–Crippen MR) is 74.9 cm³/mol. The van der Waals surface area contributed by atoms with Crippen molar-refractivity contribution >= 4 is 0 Å². The van der Waals surface area contributed by atoms with E-state index in [1.165, 1.54) is 24.8 Å². The minimum absolute atomic E-state index is 0.0239. The maximum absolute atomic E-state index is 13.1. The number of halogens is 2. The second kappa shape index (κ2) is 5.44. The van der Waals surface area contributed by atoms with E-state index in [9.17, 15) is 13.9 Å². The molecule has 0 bridgehead atoms. The Bertz CT molecular complexity index is 441. The van der Waals surface area contributed by atoms with Gasteiger partial charge in [-0.3, -0.25) is 0 Å². The molecule has 2 aliphatic rings. The first-order valence-electron chi connectivity index (χ1n) is 7.71. The summed E-state index contributed by atoms with van der Waals surface area (Å²) in [4.78, 5) is 0. The van der Waals surface area contributed by atoms with E-state index < -0.39 is 12.0 Å². The number of hydrogen-bond donors (Lipinski definition) is 1. The molecule has 1 N–H and O–H groups in total. The zero-order valence-electron chi connectivity index (χ0n) is 11.7. The van der Waals surface area contributed by atoms with Gasteiger partial charge in [-0.05, 0) is 48.6 Å². The Kier molecular flexibility index (Phi) is 3.80. The van der Waals surface area contributed by atoms with Gasteiger partial charge < -0.3 is 5.11 Å². The number of benzene rings is 1. The molecule has 1 aromatic rings. The van der Waals surface area contributed by atoms with Crippen LogP contribution in [-0.2, 0) is 0 Å². The van der Waals surface area contributed by atoms with E-state index in [0.29, 0.717) is 18.8 Å². The summed E-state index contributed by atoms with van der Waals surface area (Å²) in [6, 6.07) is 8.15. The molecule has 1 unspecified atom stereocenters. The summed E-state index contributed by atoms with van der Waals surface area (Å²) in [5.41, 5.74) is 2.23. The summed E-state index contributed by atoms with van der Waals surface area (Å²) in [6.07, 6.45) is 3.90. The lowest BCUT2D eigenvalue weighted by atomic mass is 9.78. The molecule has 0 heterocycles. The normalized spacial score (nSPS) is 25.1. The molecule has 3 rings (SSSR count). The van der Waals surface area contributed by atoms with Crippen molar-refractivity contribution in [1.82, 2.24) is 0 Å². The van der Waals surface area contributed by atoms with Gasteiger partial charge in [0.25, 0.3) is 0 Å². The van der Waals surface area contributed by atoms with Crippen LogP contribution in [0.2, 0.25) is 0 Å². The Morgan fingerprint density at radius 3 is 2.10 bits per heavy atom. The van der Waals surface area contributed by atoms with Crippen LogP contribution in [0.4, 0.5) is 8.78 Å². The number of rotatable bonds is 3. The van der Waals surface area contributed by atoms with Crippen LogP contribution in [0.5, 0.6) is 0 Å². The minimum Gasteiger partial charge on any atom is -0.388 e. The summed E-state index contributed by atoms with van der Waals surface area (Å²) in [7, 11) is 0. The Morgan fingerprint density at radius 1 is 1.00 bits per heavy atom. The lowest BCUT2D eigenvalue weighted by Gasteiger charge is -2.31. The molecule has 0 spiro atoms. The highest BCUT2D eigenvalue weighted by molar-refractivity contribution is 5.28. The highest BCUT2D eigenvalue weighted by atomic mass is 19.3. The standard InChI is InChI=1S/C17H22F2O/c18-17(19)10-8-15(9-11-17)16(20)14-6-4-13(5-7-14)12-2-1-3-12/h4-7,12,15-16,20H,1-3,8-11H2. The van der Waals surface area contributed by atoms with Gasteiger partial charge in [0.15, 0.2) is 0 Å². The van der Waals surface area contributed by atoms with E-state index in [1.807, 2.05) is 12.1 Å². The fourth-order valence-corrected chi connectivity index (χ4v) is 3.36. The summed E-state index contributed by atoms with van der Waals surface area (Å²) in [5.74, 6) is -1.86. The van der Waals surface area contributed by atoms with E-state index in [0.717, 1.165) is 5.56 Å². The van der Waals surface area contributed by atoms with Crippen LogP contribution in [0.1, 0.15) is 68.1 Å². The predicted octanol–water partition coefficient (Wildman–Crippen LogP) is 4.81. The molecule has 2 aliphatic carbocycles. The monoisotopic (exact) mass is 280 g/mol. The third-order valence-corrected chi connectivity index (χ3v) is 5.06. The molecule has 2 fully saturated rings. The Morgan fingerprint density at radius 2 is 1.60 bits per heavy atom. The van der Waals surface area contributed by atoms with Gasteiger partial charge in [-0.25, -0.2) is 8.78 Å². The average Bonchev–Trinajstić information content (AvgIpc) is 2.37. The van der Waals surface area contributed by atoms with Gasteiger partial charge in [-0.1, -0.05) is 30.7 Å². The van der Waals surface area contributed by atoms with Gasteiger partial charge in [0.1, 0.15) is 0 Å². The fraction of sp³-hybridized carbons (Fsp3) is 0.647. The number of alkyl halides is 2. The Balaban J connectivity index is 1.63. The van der Waals surface area contributed by atoms with Crippen molar-refractivity contribution in [2.45, 2.75) is 62.9 Å². The molecule has 0 radical (unpaired) electrons. The zero-order valence-corrected chi connectivity index (χ0v) is 11.7. The minimum atomic E-state index is -2.52. The maximum Gasteiger partial charge on any atom is 0.248 e. The lowest BCUT2D eigenvalue weighted by molar-refractivity contribution is -0.0627. The van der Waals surface area contributed by atoms with Gasteiger partial charge in [0.05, 0.1) is 6.10 Å². The first kappa shape index (κ1) is 14.0. The Labute approximate surface area is 119 Å². The SMILES string of the molecule is OC(c1ccc(C2CCC2)cc1)C1CCC(F)(F)CC1. The van der Waals surface area contributed by atoms with Crippen molar-refractivity contribution < 1.29 is 13.9 Å². The van der Waals surface area contributed by atoms with Crippen LogP contribution >= 0.6 is 0 Å². The highest BCUT2D eigenvalue weighted by Crippen LogP contribution is 2.42. The molecule has 110 valence electrons. The number of aliphatic hydroxyl groups is 1. The number of aliphatic hydroxyl groups excluding tert-OH is 1. The van der Waals surface area contributed by atoms with E-state index >= 15 is 0 Å². The zero-order chi connectivity index (χ0) is 14.2. The molecule has 2 saturated carbocycles. The Hall–Kier alpha value is -0.960. The quantitative estimate of drug-likeness (QED) is 0.842. The van der Waals surface area contributed by atoms with E-state index in [2.05, 4.69) is 12.1 Å². The van der Waals surface area contributed by atoms with Gasteiger partial charge in [-0.15, -0.1) is 0 Å². The van der Waals surface area contributed by atoms with Crippen molar-refractivity contribution in [3.05, 3.63) is 35.4 Å². The van der Waals surface area contributed by atoms with Crippen LogP contribution in [0, 0.1) is 5.92 Å². The summed E-state index contributed by atoms with van der Waals surface area (Å²) in [5, 5.41) is 10.4. The van der Waals surface area contributed by atoms with Crippen molar-refractivity contribution in [3.63, 3.8) is 0 Å². The third-order valence-electron chi connectivity index (χ3n) is 5.06. The van der Waals surface area contributed by atoms with Gasteiger partial charge >= 0.3 is 0 Å². The van der Waals surface area contributed by atoms with Crippen LogP contribution in [-0.4, -0.2) is 11.0 Å². The third kappa shape index (κ3) is 2.88. The molecule has 20 heavy (non-hydrogen) atoms. The fourth-order valence-electron chi connectivity index (χ4n) is 3.36. The second-order valence-corrected chi connectivity index (χ2v) is 6.43. The van der Waals surface area contributed by atoms with Crippen LogP contribution in [0.15, 0.2) is 24.3 Å². The number of hydrogen-bond acceptors (Lipinski definition) is 1. The summed E-state index contributed by atoms with van der Waals surface area (Å²) >= 11 is 0. The van der Waals surface area contributed by atoms with Crippen LogP contribution in [0.25, 0.3) is 0 Å². The van der Waals surface area contributed by atoms with Crippen LogP contribution < -0.4 is 0 Å². The van der Waals surface area contributed by atoms with Gasteiger partial charge in [-0.2, -0.15) is 0 Å². The maximum atomic E-state index is 13.1. The second-order valence-electron chi connectivity index (χ2n) is 6.43. The van der Waals surface area contributed by atoms with E-state index in [1.54, 1.807) is 0 Å². The smallest absolute Gasteiger partial charge is 0.248 e. The molecular formula is C17H22F2O. The largest absolute Gasteiger partial charge is 0.388 e. The molecule has 0 aliphatic heterocycles. The summed E-state index contributed by atoms with van der Waals surface area (Å²) in [6.45, 7) is 0. The van der Waals surface area contributed by atoms with Gasteiger partial charge in [0.2, 0.25) is 5.92 Å². The van der Waals surface area contributed by atoms with Crippen molar-refractivity contribution in [2.75, 3.05) is 0 Å². The average molecular weight is 280 g/mol. The molecule has 3 heteroatoms. The van der Waals surface area contributed by atoms with Gasteiger partial charge in [0, 0.05) is 12.8 Å². The molecule has 1 nitrogen and oxygen atoms in total. The summed E-state index contributed by atoms with van der Waals surface area (Å²) < 4.78 is 26.3. The van der Waals surface area contributed by atoms with Crippen molar-refractivity contribution in [2.24, 2.45) is 5.92 Å². The van der Waals surface area contributed by atoms with Crippen LogP contribution in [0.3, 0.4) is 0 Å². The van der Waals surface area contributed by atoms with E-state index in [4.69, 9.17) is 0 Å². The lowest BCUT2D eigenvalue weighted by Crippen LogP contribution is -2.27. The topological polar surface area (TPSA) is 20.2 Å².